The third kappa shape index (κ3) is 12.5. The van der Waals surface area contributed by atoms with E-state index in [2.05, 4.69) is 43.8 Å². The van der Waals surface area contributed by atoms with Gasteiger partial charge in [0.2, 0.25) is 0 Å². The van der Waals surface area contributed by atoms with Crippen molar-refractivity contribution in [2.24, 2.45) is 0 Å². The Morgan fingerprint density at radius 2 is 1.72 bits per heavy atom. The van der Waals surface area contributed by atoms with Crippen LogP contribution in [0.1, 0.15) is 97.2 Å². The summed E-state index contributed by atoms with van der Waals surface area (Å²) < 4.78 is 75.3. The molecule has 1 N–H and O–H groups in total. The maximum atomic E-state index is 14.2. The molecule has 3 heterocycles. The Bertz CT molecular complexity index is 2180. The molecule has 0 unspecified atom stereocenters. The Labute approximate surface area is 407 Å². The lowest BCUT2D eigenvalue weighted by atomic mass is 9.88. The van der Waals surface area contributed by atoms with Gasteiger partial charge in [-0.15, -0.1) is 6.42 Å². The molecule has 2 fully saturated rings. The van der Waals surface area contributed by atoms with E-state index in [0.29, 0.717) is 29.7 Å². The van der Waals surface area contributed by atoms with Crippen LogP contribution in [0.15, 0.2) is 48.0 Å². The number of hydrogen-bond acceptors (Lipinski definition) is 14. The molecule has 2 aliphatic carbocycles. The van der Waals surface area contributed by atoms with Crippen molar-refractivity contribution < 1.29 is 66.1 Å². The maximum absolute atomic E-state index is 14.2. The fourth-order valence-corrected chi connectivity index (χ4v) is 12.3. The van der Waals surface area contributed by atoms with E-state index in [1.807, 2.05) is 30.3 Å². The molecule has 15 nitrogen and oxygen atoms in total. The quantitative estimate of drug-likeness (QED) is 0.0736. The standard InChI is InChI=1S/C51H68ClNO14Si/c1-11-43-51(67-68(12-2,13-3)14-4)29-39(61-33-56-8)27-37(51)21-24-49(32-63-50(66-49)22-15-16-23-50)44(59-30-35-17-19-38(58-10)20-18-35)31-60-45(54)28-41(53-47(55)65-48(5,6)7)36-25-40(52)46(64-43)42(26-36)62-34-57-9/h1,17-20,25-27,39,41,43-44H,12-16,22-23,28-34H2,2-10H3,(H,53,55)/t39-,41+,43-,44+,49+,51-/m1/s1. The summed E-state index contributed by atoms with van der Waals surface area (Å²) in [5.41, 5.74) is -2.08. The van der Waals surface area contributed by atoms with Gasteiger partial charge in [0.1, 0.15) is 36.5 Å². The van der Waals surface area contributed by atoms with Crippen molar-refractivity contribution in [1.82, 2.24) is 5.32 Å². The van der Waals surface area contributed by atoms with Crippen molar-refractivity contribution in [3.05, 3.63) is 64.2 Å². The Morgan fingerprint density at radius 1 is 1.01 bits per heavy atom. The van der Waals surface area contributed by atoms with Gasteiger partial charge in [-0.1, -0.05) is 62.3 Å². The molecular weight excluding hydrogens is 914 g/mol. The Morgan fingerprint density at radius 3 is 2.35 bits per heavy atom. The summed E-state index contributed by atoms with van der Waals surface area (Å²) in [6.07, 6.45) is 7.84. The predicted molar refractivity (Wildman–Crippen MR) is 256 cm³/mol. The summed E-state index contributed by atoms with van der Waals surface area (Å²) in [5, 5.41) is 2.90. The van der Waals surface area contributed by atoms with Gasteiger partial charge in [0.05, 0.1) is 43.9 Å². The topological polar surface area (TPSA) is 157 Å². The van der Waals surface area contributed by atoms with Gasteiger partial charge in [-0.05, 0) is 93.2 Å². The number of terminal acetylenes is 1. The minimum absolute atomic E-state index is 0.00940. The highest BCUT2D eigenvalue weighted by Gasteiger charge is 2.58. The average molecular weight is 983 g/mol. The number of amides is 1. The zero-order valence-electron chi connectivity index (χ0n) is 40.9. The largest absolute Gasteiger partial charge is 0.497 e. The predicted octanol–water partition coefficient (Wildman–Crippen LogP) is 8.95. The third-order valence-electron chi connectivity index (χ3n) is 12.9. The second kappa shape index (κ2) is 23.1. The number of nitrogens with one attached hydrogen (secondary N) is 1. The minimum Gasteiger partial charge on any atom is -0.497 e. The number of benzene rings is 2. The fourth-order valence-electron chi connectivity index (χ4n) is 9.07. The van der Waals surface area contributed by atoms with Crippen LogP contribution >= 0.6 is 11.6 Å². The highest BCUT2D eigenvalue weighted by molar-refractivity contribution is 6.73. The number of methoxy groups -OCH3 is 3. The third-order valence-corrected chi connectivity index (χ3v) is 17.8. The van der Waals surface area contributed by atoms with Crippen LogP contribution < -0.4 is 19.5 Å². The van der Waals surface area contributed by atoms with Crippen molar-refractivity contribution >= 4 is 32.0 Å². The monoisotopic (exact) mass is 981 g/mol. The summed E-state index contributed by atoms with van der Waals surface area (Å²) in [5.74, 6) is 9.18. The van der Waals surface area contributed by atoms with E-state index < -0.39 is 67.3 Å². The van der Waals surface area contributed by atoms with Gasteiger partial charge >= 0.3 is 12.1 Å². The van der Waals surface area contributed by atoms with E-state index in [-0.39, 0.29) is 62.8 Å². The summed E-state index contributed by atoms with van der Waals surface area (Å²) in [6.45, 7) is 11.1. The number of halogens is 1. The summed E-state index contributed by atoms with van der Waals surface area (Å²) in [7, 11) is 2.01. The van der Waals surface area contributed by atoms with Crippen molar-refractivity contribution in [3.63, 3.8) is 0 Å². The molecule has 7 rings (SSSR count). The van der Waals surface area contributed by atoms with Crippen LogP contribution in [0.4, 0.5) is 4.79 Å². The normalized spacial score (nSPS) is 25.9. The van der Waals surface area contributed by atoms with Crippen LogP contribution in [0.2, 0.25) is 23.2 Å². The number of rotatable bonds is 16. The summed E-state index contributed by atoms with van der Waals surface area (Å²) in [6, 6.07) is 11.9. The molecule has 17 heteroatoms. The molecule has 3 aliphatic heterocycles. The Kier molecular flexibility index (Phi) is 18.0. The van der Waals surface area contributed by atoms with E-state index in [1.165, 1.54) is 7.11 Å². The second-order valence-corrected chi connectivity index (χ2v) is 23.7. The SMILES string of the molecule is C#C[C@H]1Oc2c(Cl)cc(cc2OCOC)[C@@H](NC(=O)OC(C)(C)C)CC(=O)OC[C@H](OCc2ccc(OC)cc2)[C@]2(C#CC3=C[C@@H](OCOC)C[C@@]31O[Si](CC)(CC)CC)COC1(CCCC1)O2. The van der Waals surface area contributed by atoms with E-state index in [1.54, 1.807) is 47.1 Å². The molecule has 1 amide bonds. The van der Waals surface area contributed by atoms with Gasteiger partial charge < -0.3 is 61.8 Å². The second-order valence-electron chi connectivity index (χ2n) is 18.6. The first-order valence-electron chi connectivity index (χ1n) is 23.4. The zero-order chi connectivity index (χ0) is 49.2. The van der Waals surface area contributed by atoms with E-state index in [4.69, 9.17) is 74.6 Å². The van der Waals surface area contributed by atoms with Gasteiger partial charge in [0.25, 0.3) is 0 Å². The first kappa shape index (κ1) is 53.0. The van der Waals surface area contributed by atoms with Crippen molar-refractivity contribution in [3.8, 4) is 41.4 Å². The van der Waals surface area contributed by atoms with Crippen LogP contribution in [-0.4, -0.2) is 109 Å². The molecule has 2 aromatic rings. The lowest BCUT2D eigenvalue weighted by Crippen LogP contribution is -2.56. The molecule has 2 spiro atoms. The first-order chi connectivity index (χ1) is 32.5. The van der Waals surface area contributed by atoms with Gasteiger partial charge in [-0.25, -0.2) is 4.79 Å². The fraction of sp³-hybridized carbons (Fsp3) is 0.608. The lowest BCUT2D eigenvalue weighted by molar-refractivity contribution is -0.201. The Balaban J connectivity index is 1.59. The van der Waals surface area contributed by atoms with Crippen LogP contribution in [0.5, 0.6) is 17.2 Å². The first-order valence-corrected chi connectivity index (χ1v) is 26.3. The molecule has 0 aromatic heterocycles. The molecule has 1 saturated heterocycles. The molecule has 0 radical (unpaired) electrons. The number of ether oxygens (including phenoxy) is 11. The molecule has 372 valence electrons. The zero-order valence-corrected chi connectivity index (χ0v) is 42.7. The van der Waals surface area contributed by atoms with Crippen LogP contribution in [-0.2, 0) is 53.7 Å². The van der Waals surface area contributed by atoms with Crippen LogP contribution in [0, 0.1) is 24.2 Å². The van der Waals surface area contributed by atoms with E-state index in [0.717, 1.165) is 36.5 Å². The van der Waals surface area contributed by atoms with Gasteiger partial charge in [-0.2, -0.15) is 0 Å². The number of fused-ring (bicyclic) bond motifs is 8. The molecule has 6 atom stereocenters. The van der Waals surface area contributed by atoms with E-state index in [9.17, 15) is 9.59 Å². The van der Waals surface area contributed by atoms with Gasteiger partial charge in [0, 0.05) is 39.1 Å². The number of carbonyl (C=O) groups is 2. The molecule has 2 bridgehead atoms. The van der Waals surface area contributed by atoms with Crippen LogP contribution in [0.3, 0.4) is 0 Å². The van der Waals surface area contributed by atoms with Crippen molar-refractivity contribution in [2.75, 3.05) is 48.1 Å². The molecular formula is C51H68ClNO14Si. The van der Waals surface area contributed by atoms with Crippen LogP contribution in [0.25, 0.3) is 0 Å². The molecule has 2 aromatic carbocycles. The molecule has 68 heavy (non-hydrogen) atoms. The summed E-state index contributed by atoms with van der Waals surface area (Å²) >= 11 is 7.19. The maximum Gasteiger partial charge on any atom is 0.408 e. The average Bonchev–Trinajstić information content (AvgIpc) is 4.04. The van der Waals surface area contributed by atoms with Gasteiger partial charge in [-0.3, -0.25) is 4.79 Å². The minimum atomic E-state index is -2.61. The Hall–Kier alpha value is -4.33. The highest BCUT2D eigenvalue weighted by atomic mass is 35.5. The number of esters is 1. The number of carbonyl (C=O) groups excluding carboxylic acids is 2. The highest BCUT2D eigenvalue weighted by Crippen LogP contribution is 2.49. The smallest absolute Gasteiger partial charge is 0.408 e. The molecule has 5 aliphatic rings. The lowest BCUT2D eigenvalue weighted by Gasteiger charge is -2.44. The summed E-state index contributed by atoms with van der Waals surface area (Å²) in [4.78, 5) is 27.7. The molecule has 1 saturated carbocycles. The number of alkyl carbamates (subject to hydrolysis) is 1. The van der Waals surface area contributed by atoms with Crippen molar-refractivity contribution in [1.29, 1.82) is 0 Å². The number of hydrogen-bond donors (Lipinski definition) is 1. The van der Waals surface area contributed by atoms with E-state index >= 15 is 0 Å². The van der Waals surface area contributed by atoms with Crippen molar-refractivity contribution in [2.45, 2.75) is 152 Å². The van der Waals surface area contributed by atoms with Gasteiger partial charge in [0.15, 0.2) is 44.1 Å².